The van der Waals surface area contributed by atoms with Crippen LogP contribution in [-0.4, -0.2) is 0 Å². The van der Waals surface area contributed by atoms with Crippen molar-refractivity contribution in [2.45, 2.75) is 27.7 Å². The first kappa shape index (κ1) is 40.9. The lowest BCUT2D eigenvalue weighted by Gasteiger charge is -2.30. The summed E-state index contributed by atoms with van der Waals surface area (Å²) in [5, 5.41) is 0. The SMILES string of the molecule is C=C/C=C(\C=C(C)C)N(c1ccccc1)c1ccc(N(c2ccc(N(c3ccccc3)c3cccc(C)c3)cc2)c2ccc(N(c3ccccc3)c3cccc(C)c3)cc2)cc1. The summed E-state index contributed by atoms with van der Waals surface area (Å²) < 4.78 is 0. The summed E-state index contributed by atoms with van der Waals surface area (Å²) in [5.74, 6) is 0. The van der Waals surface area contributed by atoms with Crippen LogP contribution in [0.1, 0.15) is 25.0 Å². The number of anilines is 11. The Morgan fingerprint density at radius 2 is 0.645 bits per heavy atom. The van der Waals surface area contributed by atoms with Gasteiger partial charge in [-0.05, 0) is 184 Å². The molecule has 304 valence electrons. The molecule has 0 unspecified atom stereocenters. The van der Waals surface area contributed by atoms with Gasteiger partial charge in [0.2, 0.25) is 0 Å². The monoisotopic (exact) mass is 804 g/mol. The highest BCUT2D eigenvalue weighted by Crippen LogP contribution is 2.42. The first-order valence-corrected chi connectivity index (χ1v) is 21.1. The van der Waals surface area contributed by atoms with E-state index in [-0.39, 0.29) is 0 Å². The minimum absolute atomic E-state index is 1.04. The lowest BCUT2D eigenvalue weighted by Crippen LogP contribution is -2.16. The Labute approximate surface area is 367 Å². The Balaban J connectivity index is 1.23. The molecule has 0 saturated carbocycles. The van der Waals surface area contributed by atoms with Gasteiger partial charge in [-0.3, -0.25) is 0 Å². The number of rotatable bonds is 14. The van der Waals surface area contributed by atoms with E-state index in [9.17, 15) is 0 Å². The summed E-state index contributed by atoms with van der Waals surface area (Å²) in [7, 11) is 0. The van der Waals surface area contributed by atoms with Crippen LogP contribution in [0.15, 0.2) is 248 Å². The van der Waals surface area contributed by atoms with Crippen LogP contribution in [0.5, 0.6) is 0 Å². The maximum atomic E-state index is 4.05. The van der Waals surface area contributed by atoms with Crippen LogP contribution < -0.4 is 19.6 Å². The number of nitrogens with zero attached hydrogens (tertiary/aromatic N) is 4. The maximum Gasteiger partial charge on any atom is 0.0464 e. The molecule has 0 aliphatic carbocycles. The third kappa shape index (κ3) is 9.31. The van der Waals surface area contributed by atoms with Gasteiger partial charge in [0.25, 0.3) is 0 Å². The smallest absolute Gasteiger partial charge is 0.0464 e. The highest BCUT2D eigenvalue weighted by molar-refractivity contribution is 5.84. The van der Waals surface area contributed by atoms with Gasteiger partial charge in [-0.1, -0.05) is 97.1 Å². The highest BCUT2D eigenvalue weighted by atomic mass is 15.2. The predicted molar refractivity (Wildman–Crippen MR) is 266 cm³/mol. The molecule has 0 atom stereocenters. The van der Waals surface area contributed by atoms with E-state index in [0.717, 1.165) is 68.3 Å². The van der Waals surface area contributed by atoms with E-state index in [0.29, 0.717) is 0 Å². The van der Waals surface area contributed by atoms with E-state index in [1.54, 1.807) is 0 Å². The van der Waals surface area contributed by atoms with Crippen molar-refractivity contribution in [2.75, 3.05) is 19.6 Å². The van der Waals surface area contributed by atoms with Gasteiger partial charge in [0.05, 0.1) is 0 Å². The molecule has 0 saturated heterocycles. The summed E-state index contributed by atoms with van der Waals surface area (Å²) in [6, 6.07) is 75.6. The second kappa shape index (κ2) is 19.1. The predicted octanol–water partition coefficient (Wildman–Crippen LogP) is 16.9. The molecular weight excluding hydrogens is 753 g/mol. The van der Waals surface area contributed by atoms with E-state index in [4.69, 9.17) is 0 Å². The average molecular weight is 805 g/mol. The molecule has 0 bridgehead atoms. The van der Waals surface area contributed by atoms with E-state index >= 15 is 0 Å². The van der Waals surface area contributed by atoms with E-state index in [1.165, 1.54) is 16.7 Å². The van der Waals surface area contributed by atoms with Crippen LogP contribution in [0, 0.1) is 13.8 Å². The fraction of sp³-hybridized carbons (Fsp3) is 0.0690. The Bertz CT molecular complexity index is 2640. The summed E-state index contributed by atoms with van der Waals surface area (Å²) in [4.78, 5) is 9.24. The van der Waals surface area contributed by atoms with Crippen molar-refractivity contribution in [1.29, 1.82) is 0 Å². The fourth-order valence-electron chi connectivity index (χ4n) is 7.91. The van der Waals surface area contributed by atoms with Gasteiger partial charge < -0.3 is 19.6 Å². The Morgan fingerprint density at radius 3 is 0.984 bits per heavy atom. The molecule has 0 N–H and O–H groups in total. The molecule has 0 spiro atoms. The molecule has 4 heteroatoms. The van der Waals surface area contributed by atoms with Crippen LogP contribution >= 0.6 is 0 Å². The standard InChI is InChI=1S/C58H52N4/c1-6-18-56(41-44(2)3)60(47-21-10-7-11-22-47)53-35-29-50(30-36-53)59(51-31-37-54(38-32-51)61(48-23-12-8-13-24-48)57-27-16-19-45(4)42-57)52-33-39-55(40-34-52)62(49-25-14-9-15-26-49)58-28-17-20-46(5)43-58/h6-43H,1H2,2-5H3/b56-18+. The van der Waals surface area contributed by atoms with Gasteiger partial charge in [-0.2, -0.15) is 0 Å². The number of aryl methyl sites for hydroxylation is 2. The van der Waals surface area contributed by atoms with Gasteiger partial charge in [0.15, 0.2) is 0 Å². The molecule has 0 fully saturated rings. The Morgan fingerprint density at radius 1 is 0.355 bits per heavy atom. The summed E-state index contributed by atoms with van der Waals surface area (Å²) >= 11 is 0. The average Bonchev–Trinajstić information content (AvgIpc) is 3.29. The van der Waals surface area contributed by atoms with Gasteiger partial charge in [0, 0.05) is 68.3 Å². The molecule has 0 amide bonds. The molecule has 0 aromatic heterocycles. The summed E-state index contributed by atoms with van der Waals surface area (Å²) in [5.41, 5.74) is 16.5. The molecule has 0 heterocycles. The van der Waals surface area contributed by atoms with Gasteiger partial charge in [-0.15, -0.1) is 0 Å². The van der Waals surface area contributed by atoms with Gasteiger partial charge in [0.1, 0.15) is 0 Å². The lowest BCUT2D eigenvalue weighted by molar-refractivity contribution is 1.18. The normalized spacial score (nSPS) is 11.1. The summed E-state index contributed by atoms with van der Waals surface area (Å²) in [6.07, 6.45) is 6.11. The molecule has 0 radical (unpaired) electrons. The zero-order valence-corrected chi connectivity index (χ0v) is 35.9. The Kier molecular flexibility index (Phi) is 12.6. The van der Waals surface area contributed by atoms with Crippen molar-refractivity contribution in [2.24, 2.45) is 0 Å². The third-order valence-corrected chi connectivity index (χ3v) is 10.6. The second-order valence-corrected chi connectivity index (χ2v) is 15.6. The number of hydrogen-bond donors (Lipinski definition) is 0. The van der Waals surface area contributed by atoms with Crippen LogP contribution in [0.3, 0.4) is 0 Å². The zero-order chi connectivity index (χ0) is 42.8. The van der Waals surface area contributed by atoms with Gasteiger partial charge in [-0.25, -0.2) is 0 Å². The van der Waals surface area contributed by atoms with Gasteiger partial charge >= 0.3 is 0 Å². The van der Waals surface area contributed by atoms with Crippen LogP contribution in [0.2, 0.25) is 0 Å². The van der Waals surface area contributed by atoms with Crippen molar-refractivity contribution in [3.05, 3.63) is 260 Å². The van der Waals surface area contributed by atoms with Crippen LogP contribution in [0.25, 0.3) is 0 Å². The quantitative estimate of drug-likeness (QED) is 0.102. The molecule has 62 heavy (non-hydrogen) atoms. The molecule has 8 rings (SSSR count). The molecule has 8 aromatic carbocycles. The minimum Gasteiger partial charge on any atom is -0.311 e. The molecule has 0 aliphatic rings. The molecule has 8 aromatic rings. The summed E-state index contributed by atoms with van der Waals surface area (Å²) in [6.45, 7) is 12.6. The molecule has 4 nitrogen and oxygen atoms in total. The van der Waals surface area contributed by atoms with Crippen molar-refractivity contribution < 1.29 is 0 Å². The van der Waals surface area contributed by atoms with Crippen molar-refractivity contribution in [3.63, 3.8) is 0 Å². The number of benzene rings is 8. The fourth-order valence-corrected chi connectivity index (χ4v) is 7.91. The van der Waals surface area contributed by atoms with Crippen LogP contribution in [-0.2, 0) is 0 Å². The minimum atomic E-state index is 1.04. The molecule has 0 aliphatic heterocycles. The first-order valence-electron chi connectivity index (χ1n) is 21.1. The third-order valence-electron chi connectivity index (χ3n) is 10.6. The largest absolute Gasteiger partial charge is 0.311 e. The topological polar surface area (TPSA) is 13.0 Å². The van der Waals surface area contributed by atoms with E-state index in [1.807, 2.05) is 6.08 Å². The van der Waals surface area contributed by atoms with Crippen molar-refractivity contribution in [1.82, 2.24) is 0 Å². The lowest BCUT2D eigenvalue weighted by atomic mass is 10.1. The number of allylic oxidation sites excluding steroid dienone is 4. The maximum absolute atomic E-state index is 4.05. The van der Waals surface area contributed by atoms with Crippen molar-refractivity contribution in [3.8, 4) is 0 Å². The van der Waals surface area contributed by atoms with Crippen LogP contribution in [0.4, 0.5) is 62.6 Å². The number of hydrogen-bond acceptors (Lipinski definition) is 4. The molecular formula is C58H52N4. The highest BCUT2D eigenvalue weighted by Gasteiger charge is 2.20. The second-order valence-electron chi connectivity index (χ2n) is 15.6. The van der Waals surface area contributed by atoms with E-state index in [2.05, 4.69) is 278 Å². The number of para-hydroxylation sites is 3. The van der Waals surface area contributed by atoms with E-state index < -0.39 is 0 Å². The first-order chi connectivity index (χ1) is 30.4. The zero-order valence-electron chi connectivity index (χ0n) is 35.9. The Hall–Kier alpha value is -7.82. The van der Waals surface area contributed by atoms with Crippen molar-refractivity contribution >= 4 is 62.6 Å².